The summed E-state index contributed by atoms with van der Waals surface area (Å²) in [5.74, 6) is -0.598. The van der Waals surface area contributed by atoms with Crippen LogP contribution in [0.5, 0.6) is 0 Å². The van der Waals surface area contributed by atoms with Crippen LogP contribution in [0.15, 0.2) is 152 Å². The largest absolute Gasteiger partial charge is 0.405 e. The lowest BCUT2D eigenvalue weighted by molar-refractivity contribution is -0.0872. The number of rotatable bonds is 20. The second-order valence-corrected chi connectivity index (χ2v) is 19.7. The minimum absolute atomic E-state index is 0.0733. The summed E-state index contributed by atoms with van der Waals surface area (Å²) in [6.07, 6.45) is 5.58. The van der Waals surface area contributed by atoms with Crippen molar-refractivity contribution in [2.75, 3.05) is 13.2 Å². The van der Waals surface area contributed by atoms with Gasteiger partial charge in [0.1, 0.15) is 5.60 Å². The first-order valence-electron chi connectivity index (χ1n) is 19.7. The number of hydrogen-bond acceptors (Lipinski definition) is 4. The molecular formula is C48H60O4Si. The third-order valence-electron chi connectivity index (χ3n) is 10.8. The normalized spacial score (nSPS) is 14.1. The molecule has 2 N–H and O–H groups in total. The quantitative estimate of drug-likeness (QED) is 0.0476. The molecule has 0 aromatic heterocycles. The topological polar surface area (TPSA) is 58.9 Å². The molecule has 0 spiro atoms. The summed E-state index contributed by atoms with van der Waals surface area (Å²) in [5, 5.41) is 26.4. The van der Waals surface area contributed by atoms with E-state index in [4.69, 9.17) is 9.16 Å². The van der Waals surface area contributed by atoms with Gasteiger partial charge in [-0.1, -0.05) is 218 Å². The molecule has 4 nitrogen and oxygen atoms in total. The van der Waals surface area contributed by atoms with Crippen molar-refractivity contribution < 1.29 is 19.4 Å². The minimum Gasteiger partial charge on any atom is -0.405 e. The van der Waals surface area contributed by atoms with Gasteiger partial charge in [-0.05, 0) is 38.5 Å². The molecule has 0 saturated heterocycles. The molecule has 0 fully saturated rings. The Labute approximate surface area is 320 Å². The molecule has 0 saturated carbocycles. The van der Waals surface area contributed by atoms with Crippen molar-refractivity contribution in [2.24, 2.45) is 5.92 Å². The van der Waals surface area contributed by atoms with Crippen LogP contribution >= 0.6 is 0 Å². The highest BCUT2D eigenvalue weighted by Crippen LogP contribution is 2.42. The van der Waals surface area contributed by atoms with Crippen molar-refractivity contribution in [1.82, 2.24) is 0 Å². The van der Waals surface area contributed by atoms with Gasteiger partial charge in [-0.25, -0.2) is 0 Å². The fourth-order valence-corrected chi connectivity index (χ4v) is 12.5. The third kappa shape index (κ3) is 9.64. The summed E-state index contributed by atoms with van der Waals surface area (Å²) in [6.45, 7) is 9.16. The average Bonchev–Trinajstić information content (AvgIpc) is 3.19. The van der Waals surface area contributed by atoms with E-state index in [0.717, 1.165) is 46.3 Å². The Hall–Kier alpha value is -3.84. The van der Waals surface area contributed by atoms with Gasteiger partial charge < -0.3 is 19.4 Å². The van der Waals surface area contributed by atoms with E-state index in [0.29, 0.717) is 6.42 Å². The van der Waals surface area contributed by atoms with E-state index < -0.39 is 32.0 Å². The van der Waals surface area contributed by atoms with Gasteiger partial charge in [0.15, 0.2) is 0 Å². The number of aliphatic hydroxyl groups excluding tert-OH is 2. The van der Waals surface area contributed by atoms with Crippen LogP contribution in [0.4, 0.5) is 0 Å². The van der Waals surface area contributed by atoms with Crippen molar-refractivity contribution in [1.29, 1.82) is 0 Å². The van der Waals surface area contributed by atoms with Crippen LogP contribution in [0, 0.1) is 5.92 Å². The Morgan fingerprint density at radius 1 is 0.509 bits per heavy atom. The Morgan fingerprint density at radius 3 is 1.32 bits per heavy atom. The maximum absolute atomic E-state index is 12.3. The van der Waals surface area contributed by atoms with Crippen LogP contribution in [0.25, 0.3) is 0 Å². The molecule has 5 rings (SSSR count). The number of hydrogen-bond donors (Lipinski definition) is 2. The van der Waals surface area contributed by atoms with E-state index >= 15 is 0 Å². The Balaban J connectivity index is 1.52. The fourth-order valence-electron chi connectivity index (χ4n) is 7.91. The zero-order valence-electron chi connectivity index (χ0n) is 32.2. The lowest BCUT2D eigenvalue weighted by atomic mass is 9.79. The van der Waals surface area contributed by atoms with E-state index in [1.807, 2.05) is 66.7 Å². The molecule has 0 aliphatic rings. The van der Waals surface area contributed by atoms with Gasteiger partial charge >= 0.3 is 0 Å². The van der Waals surface area contributed by atoms with Crippen molar-refractivity contribution in [2.45, 2.75) is 95.5 Å². The molecule has 5 heteroatoms. The van der Waals surface area contributed by atoms with Crippen LogP contribution in [0.2, 0.25) is 5.04 Å². The Morgan fingerprint density at radius 2 is 0.906 bits per heavy atom. The molecule has 5 aromatic carbocycles. The van der Waals surface area contributed by atoms with Crippen LogP contribution in [-0.4, -0.2) is 44.0 Å². The number of unbranched alkanes of at least 4 members (excludes halogenated alkanes) is 5. The van der Waals surface area contributed by atoms with Crippen LogP contribution in [0.1, 0.15) is 89.3 Å². The zero-order chi connectivity index (χ0) is 37.6. The summed E-state index contributed by atoms with van der Waals surface area (Å²) >= 11 is 0. The molecule has 0 radical (unpaired) electrons. The minimum atomic E-state index is -2.94. The first-order chi connectivity index (χ1) is 25.7. The van der Waals surface area contributed by atoms with E-state index in [-0.39, 0.29) is 18.3 Å². The van der Waals surface area contributed by atoms with E-state index in [1.54, 1.807) is 0 Å². The maximum Gasteiger partial charge on any atom is 0.261 e. The molecule has 5 aromatic rings. The number of aliphatic hydroxyl groups is 2. The summed E-state index contributed by atoms with van der Waals surface area (Å²) in [7, 11) is -2.94. The summed E-state index contributed by atoms with van der Waals surface area (Å²) in [4.78, 5) is 0. The van der Waals surface area contributed by atoms with Crippen LogP contribution in [0.3, 0.4) is 0 Å². The average molecular weight is 729 g/mol. The first-order valence-corrected chi connectivity index (χ1v) is 21.6. The Kier molecular flexibility index (Phi) is 14.8. The summed E-state index contributed by atoms with van der Waals surface area (Å²) in [5.41, 5.74) is 1.99. The molecule has 0 aliphatic carbocycles. The van der Waals surface area contributed by atoms with E-state index in [2.05, 4.69) is 113 Å². The SMILES string of the molecule is CCCCCCCC[C@@H](O)[C@@H](COC(c1ccccc1)(c1ccccc1)c1ccccc1)[C@@H](O)CO[Si](c1ccccc1)(c1ccccc1)C(C)(C)C. The van der Waals surface area contributed by atoms with Crippen molar-refractivity contribution in [3.63, 3.8) is 0 Å². The number of benzene rings is 5. The van der Waals surface area contributed by atoms with Crippen LogP contribution in [-0.2, 0) is 14.8 Å². The molecule has 280 valence electrons. The monoisotopic (exact) mass is 728 g/mol. The smallest absolute Gasteiger partial charge is 0.261 e. The van der Waals surface area contributed by atoms with Gasteiger partial charge in [-0.15, -0.1) is 0 Å². The van der Waals surface area contributed by atoms with Crippen molar-refractivity contribution in [3.8, 4) is 0 Å². The van der Waals surface area contributed by atoms with Crippen LogP contribution < -0.4 is 10.4 Å². The van der Waals surface area contributed by atoms with Gasteiger partial charge in [0.25, 0.3) is 8.32 Å². The second kappa shape index (κ2) is 19.5. The zero-order valence-corrected chi connectivity index (χ0v) is 33.2. The molecule has 3 atom stereocenters. The molecule has 0 unspecified atom stereocenters. The van der Waals surface area contributed by atoms with Crippen molar-refractivity contribution >= 4 is 18.7 Å². The summed E-state index contributed by atoms with van der Waals surface area (Å²) in [6, 6.07) is 51.9. The van der Waals surface area contributed by atoms with Crippen molar-refractivity contribution in [3.05, 3.63) is 168 Å². The summed E-state index contributed by atoms with van der Waals surface area (Å²) < 4.78 is 14.5. The highest BCUT2D eigenvalue weighted by Gasteiger charge is 2.51. The van der Waals surface area contributed by atoms with Gasteiger partial charge in [0.2, 0.25) is 0 Å². The van der Waals surface area contributed by atoms with E-state index in [9.17, 15) is 10.2 Å². The molecule has 0 aliphatic heterocycles. The number of ether oxygens (including phenoxy) is 1. The molecular weight excluding hydrogens is 669 g/mol. The lowest BCUT2D eigenvalue weighted by Gasteiger charge is -2.44. The van der Waals surface area contributed by atoms with Gasteiger partial charge in [-0.3, -0.25) is 0 Å². The molecule has 0 amide bonds. The predicted molar refractivity (Wildman–Crippen MR) is 222 cm³/mol. The van der Waals surface area contributed by atoms with E-state index in [1.165, 1.54) is 19.3 Å². The van der Waals surface area contributed by atoms with Gasteiger partial charge in [-0.2, -0.15) is 0 Å². The highest BCUT2D eigenvalue weighted by atomic mass is 28.4. The fraction of sp³-hybridized carbons (Fsp3) is 0.375. The molecule has 0 heterocycles. The highest BCUT2D eigenvalue weighted by molar-refractivity contribution is 6.99. The molecule has 0 bridgehead atoms. The first kappa shape index (κ1) is 40.3. The predicted octanol–water partition coefficient (Wildman–Crippen LogP) is 9.66. The lowest BCUT2D eigenvalue weighted by Crippen LogP contribution is -2.67. The third-order valence-corrected chi connectivity index (χ3v) is 15.8. The maximum atomic E-state index is 12.3. The standard InChI is InChI=1S/C48H60O4Si/c1-5-6-7-8-9-25-36-45(49)44(46(50)38-52-53(47(2,3)4,42-32-21-13-22-33-42)43-34-23-14-24-35-43)37-51-48(39-26-15-10-16-27-39,40-28-17-11-18-29-40)41-30-19-12-20-31-41/h10-24,26-35,44-46,49-50H,5-9,25,36-38H2,1-4H3/t44-,45-,46+/m1/s1. The second-order valence-electron chi connectivity index (χ2n) is 15.4. The Bertz CT molecular complexity index is 1590. The molecule has 53 heavy (non-hydrogen) atoms. The van der Waals surface area contributed by atoms with Gasteiger partial charge in [0, 0.05) is 5.92 Å². The van der Waals surface area contributed by atoms with Gasteiger partial charge in [0.05, 0.1) is 25.4 Å².